The van der Waals surface area contributed by atoms with Gasteiger partial charge < -0.3 is 5.11 Å². The second-order valence-corrected chi connectivity index (χ2v) is 3.03. The van der Waals surface area contributed by atoms with Crippen molar-refractivity contribution in [2.75, 3.05) is 0 Å². The fraction of sp³-hybridized carbons (Fsp3) is 0.100. The number of aliphatic carboxylic acids is 1. The van der Waals surface area contributed by atoms with E-state index >= 15 is 0 Å². The normalized spacial score (nSPS) is 12.1. The van der Waals surface area contributed by atoms with Crippen molar-refractivity contribution < 1.29 is 31.9 Å². The number of alkyl halides is 3. The molecule has 0 aliphatic heterocycles. The highest BCUT2D eigenvalue weighted by molar-refractivity contribution is 5.85. The zero-order valence-electron chi connectivity index (χ0n) is 8.05. The summed E-state index contributed by atoms with van der Waals surface area (Å²) in [6.07, 6.45) is -3.79. The van der Waals surface area contributed by atoms with Crippen molar-refractivity contribution >= 4 is 12.0 Å². The first kappa shape index (κ1) is 13.1. The fourth-order valence-corrected chi connectivity index (χ4v) is 1.08. The van der Waals surface area contributed by atoms with Gasteiger partial charge in [-0.15, -0.1) is 0 Å². The first-order valence-corrected chi connectivity index (χ1v) is 4.19. The molecule has 0 saturated heterocycles. The summed E-state index contributed by atoms with van der Waals surface area (Å²) in [5, 5.41) is 8.25. The Hall–Kier alpha value is -1.92. The van der Waals surface area contributed by atoms with E-state index in [1.54, 1.807) is 0 Å². The molecular formula is C10H5F5O2. The van der Waals surface area contributed by atoms with Gasteiger partial charge in [0.15, 0.2) is 11.6 Å². The molecule has 0 saturated carbocycles. The van der Waals surface area contributed by atoms with Gasteiger partial charge in [0.05, 0.1) is 5.56 Å². The summed E-state index contributed by atoms with van der Waals surface area (Å²) in [5.74, 6) is -5.11. The molecule has 0 aliphatic carbocycles. The largest absolute Gasteiger partial charge is 0.478 e. The molecule has 0 aliphatic rings. The zero-order valence-corrected chi connectivity index (χ0v) is 8.05. The molecule has 92 valence electrons. The number of carboxylic acids is 1. The summed E-state index contributed by atoms with van der Waals surface area (Å²) >= 11 is 0. The molecule has 0 aromatic heterocycles. The van der Waals surface area contributed by atoms with E-state index < -0.39 is 34.9 Å². The molecule has 0 heterocycles. The molecule has 1 aromatic carbocycles. The fourth-order valence-electron chi connectivity index (χ4n) is 1.08. The summed E-state index contributed by atoms with van der Waals surface area (Å²) in [6, 6.07) is 0.807. The standard InChI is InChI=1S/C10H5F5O2/c11-7-4-5(1-2-8(16)17)3-6(9(7)12)10(13,14)15/h1-4H,(H,16,17)/b2-1+. The topological polar surface area (TPSA) is 37.3 Å². The van der Waals surface area contributed by atoms with Gasteiger partial charge in [0.25, 0.3) is 0 Å². The van der Waals surface area contributed by atoms with Crippen molar-refractivity contribution in [3.8, 4) is 0 Å². The first-order chi connectivity index (χ1) is 7.71. The Labute approximate surface area is 92.0 Å². The molecule has 0 unspecified atom stereocenters. The van der Waals surface area contributed by atoms with E-state index in [0.717, 1.165) is 6.08 Å². The van der Waals surface area contributed by atoms with E-state index in [-0.39, 0.29) is 0 Å². The van der Waals surface area contributed by atoms with Gasteiger partial charge in [-0.3, -0.25) is 0 Å². The summed E-state index contributed by atoms with van der Waals surface area (Å²) < 4.78 is 62.5. The summed E-state index contributed by atoms with van der Waals surface area (Å²) in [4.78, 5) is 10.1. The summed E-state index contributed by atoms with van der Waals surface area (Å²) in [6.45, 7) is 0. The molecule has 0 amide bonds. The van der Waals surface area contributed by atoms with Crippen molar-refractivity contribution in [2.45, 2.75) is 6.18 Å². The number of hydrogen-bond donors (Lipinski definition) is 1. The third kappa shape index (κ3) is 3.27. The quantitative estimate of drug-likeness (QED) is 0.648. The minimum atomic E-state index is -5.04. The molecule has 1 N–H and O–H groups in total. The Morgan fingerprint density at radius 1 is 1.24 bits per heavy atom. The predicted octanol–water partition coefficient (Wildman–Crippen LogP) is 3.08. The van der Waals surface area contributed by atoms with Crippen molar-refractivity contribution in [3.63, 3.8) is 0 Å². The number of benzene rings is 1. The maximum absolute atomic E-state index is 12.8. The molecule has 0 fully saturated rings. The molecule has 1 rings (SSSR count). The lowest BCUT2D eigenvalue weighted by Crippen LogP contribution is -2.10. The third-order valence-corrected chi connectivity index (χ3v) is 1.77. The lowest BCUT2D eigenvalue weighted by molar-refractivity contribution is -0.140. The molecule has 0 radical (unpaired) electrons. The number of hydrogen-bond acceptors (Lipinski definition) is 1. The third-order valence-electron chi connectivity index (χ3n) is 1.77. The summed E-state index contributed by atoms with van der Waals surface area (Å²) in [5.41, 5.74) is -2.17. The van der Waals surface area contributed by atoms with Gasteiger partial charge >= 0.3 is 12.1 Å². The van der Waals surface area contributed by atoms with Crippen LogP contribution in [0.1, 0.15) is 11.1 Å². The van der Waals surface area contributed by atoms with Crippen LogP contribution in [0.3, 0.4) is 0 Å². The Balaban J connectivity index is 3.29. The lowest BCUT2D eigenvalue weighted by Gasteiger charge is -2.09. The highest BCUT2D eigenvalue weighted by Crippen LogP contribution is 2.33. The van der Waals surface area contributed by atoms with Crippen LogP contribution in [0.15, 0.2) is 18.2 Å². The SMILES string of the molecule is O=C(O)/C=C/c1cc(F)c(F)c(C(F)(F)F)c1. The average Bonchev–Trinajstić information content (AvgIpc) is 2.17. The Bertz CT molecular complexity index is 476. The molecule has 0 bridgehead atoms. The van der Waals surface area contributed by atoms with E-state index in [1.165, 1.54) is 0 Å². The second kappa shape index (κ2) is 4.52. The molecular weight excluding hydrogens is 247 g/mol. The monoisotopic (exact) mass is 252 g/mol. The van der Waals surface area contributed by atoms with Crippen molar-refractivity contribution in [3.05, 3.63) is 41.0 Å². The predicted molar refractivity (Wildman–Crippen MR) is 48.0 cm³/mol. The van der Waals surface area contributed by atoms with Crippen LogP contribution in [-0.2, 0) is 11.0 Å². The van der Waals surface area contributed by atoms with Crippen LogP contribution >= 0.6 is 0 Å². The number of carbonyl (C=O) groups is 1. The molecule has 7 heteroatoms. The van der Waals surface area contributed by atoms with E-state index in [4.69, 9.17) is 5.11 Å². The van der Waals surface area contributed by atoms with Gasteiger partial charge in [-0.25, -0.2) is 13.6 Å². The molecule has 17 heavy (non-hydrogen) atoms. The number of rotatable bonds is 2. The average molecular weight is 252 g/mol. The minimum absolute atomic E-state index is 0.331. The number of halogens is 5. The van der Waals surface area contributed by atoms with Crippen LogP contribution in [0.5, 0.6) is 0 Å². The lowest BCUT2D eigenvalue weighted by atomic mass is 10.1. The van der Waals surface area contributed by atoms with Gasteiger partial charge in [0, 0.05) is 6.08 Å². The number of carboxylic acid groups (broad SMARTS) is 1. The molecule has 2 nitrogen and oxygen atoms in total. The van der Waals surface area contributed by atoms with Gasteiger partial charge in [-0.1, -0.05) is 0 Å². The van der Waals surface area contributed by atoms with Crippen LogP contribution in [-0.4, -0.2) is 11.1 Å². The van der Waals surface area contributed by atoms with Crippen molar-refractivity contribution in [1.82, 2.24) is 0 Å². The van der Waals surface area contributed by atoms with Gasteiger partial charge in [-0.2, -0.15) is 13.2 Å². The van der Waals surface area contributed by atoms with Crippen molar-refractivity contribution in [1.29, 1.82) is 0 Å². The molecule has 0 spiro atoms. The smallest absolute Gasteiger partial charge is 0.419 e. The van der Waals surface area contributed by atoms with Crippen LogP contribution in [0.4, 0.5) is 22.0 Å². The second-order valence-electron chi connectivity index (χ2n) is 3.03. The zero-order chi connectivity index (χ0) is 13.2. The van der Waals surface area contributed by atoms with E-state index in [9.17, 15) is 26.7 Å². The maximum Gasteiger partial charge on any atom is 0.419 e. The summed E-state index contributed by atoms with van der Waals surface area (Å²) in [7, 11) is 0. The molecule has 0 atom stereocenters. The minimum Gasteiger partial charge on any atom is -0.478 e. The Kier molecular flexibility index (Phi) is 3.50. The van der Waals surface area contributed by atoms with Crippen LogP contribution in [0, 0.1) is 11.6 Å². The van der Waals surface area contributed by atoms with Crippen molar-refractivity contribution in [2.24, 2.45) is 0 Å². The Morgan fingerprint density at radius 3 is 2.29 bits per heavy atom. The van der Waals surface area contributed by atoms with Gasteiger partial charge in [0.1, 0.15) is 0 Å². The highest BCUT2D eigenvalue weighted by Gasteiger charge is 2.35. The maximum atomic E-state index is 12.8. The van der Waals surface area contributed by atoms with Crippen LogP contribution in [0.2, 0.25) is 0 Å². The van der Waals surface area contributed by atoms with E-state index in [0.29, 0.717) is 18.2 Å². The van der Waals surface area contributed by atoms with Gasteiger partial charge in [0.2, 0.25) is 0 Å². The Morgan fingerprint density at radius 2 is 1.82 bits per heavy atom. The van der Waals surface area contributed by atoms with Crippen LogP contribution < -0.4 is 0 Å². The molecule has 1 aromatic rings. The highest BCUT2D eigenvalue weighted by atomic mass is 19.4. The van der Waals surface area contributed by atoms with Gasteiger partial charge in [-0.05, 0) is 23.8 Å². The van der Waals surface area contributed by atoms with E-state index in [1.807, 2.05) is 0 Å². The van der Waals surface area contributed by atoms with E-state index in [2.05, 4.69) is 0 Å². The van der Waals surface area contributed by atoms with Crippen LogP contribution in [0.25, 0.3) is 6.08 Å². The first-order valence-electron chi connectivity index (χ1n) is 4.19.